The Bertz CT molecular complexity index is 985. The van der Waals surface area contributed by atoms with E-state index < -0.39 is 17.5 Å². The van der Waals surface area contributed by atoms with Gasteiger partial charge in [0.15, 0.2) is 0 Å². The summed E-state index contributed by atoms with van der Waals surface area (Å²) in [6.07, 6.45) is 0. The first kappa shape index (κ1) is 17.4. The fraction of sp³-hybridized carbons (Fsp3) is 0.0625. The van der Waals surface area contributed by atoms with Crippen LogP contribution in [-0.4, -0.2) is 15.7 Å². The minimum atomic E-state index is -0.795. The summed E-state index contributed by atoms with van der Waals surface area (Å²) in [5, 5.41) is 6.88. The number of carbonyl (C=O) groups is 1. The number of benzene rings is 2. The molecule has 3 rings (SSSR count). The smallest absolute Gasteiger partial charge is 0.388 e. The molecule has 0 unspecified atom stereocenters. The van der Waals surface area contributed by atoms with Crippen LogP contribution in [0.5, 0.6) is 0 Å². The van der Waals surface area contributed by atoms with E-state index in [1.165, 1.54) is 24.3 Å². The number of rotatable bonds is 4. The third kappa shape index (κ3) is 4.15. The Balaban J connectivity index is 1.75. The van der Waals surface area contributed by atoms with Crippen molar-refractivity contribution in [2.75, 3.05) is 5.32 Å². The molecule has 0 aliphatic heterocycles. The number of carbonyl (C=O) groups excluding carboxylic acids is 1. The van der Waals surface area contributed by atoms with Gasteiger partial charge in [0.05, 0.1) is 10.7 Å². The fourth-order valence-electron chi connectivity index (χ4n) is 2.03. The molecule has 1 aromatic heterocycles. The van der Waals surface area contributed by atoms with Gasteiger partial charge in [0, 0.05) is 10.0 Å². The highest BCUT2D eigenvalue weighted by Crippen LogP contribution is 2.25. The van der Waals surface area contributed by atoms with Gasteiger partial charge in [-0.2, -0.15) is 4.68 Å². The van der Waals surface area contributed by atoms with Gasteiger partial charge < -0.3 is 9.73 Å². The van der Waals surface area contributed by atoms with Crippen molar-refractivity contribution in [1.29, 1.82) is 0 Å². The number of anilines is 1. The molecule has 128 valence electrons. The number of nitrogens with zero attached hydrogens (tertiary/aromatic N) is 2. The highest BCUT2D eigenvalue weighted by molar-refractivity contribution is 9.10. The maximum Gasteiger partial charge on any atom is 0.437 e. The van der Waals surface area contributed by atoms with Gasteiger partial charge in [-0.05, 0) is 42.5 Å². The largest absolute Gasteiger partial charge is 0.437 e. The maximum absolute atomic E-state index is 12.9. The van der Waals surface area contributed by atoms with Crippen LogP contribution in [0, 0.1) is 5.82 Å². The van der Waals surface area contributed by atoms with Crippen LogP contribution in [0.3, 0.4) is 0 Å². The third-order valence-electron chi connectivity index (χ3n) is 3.20. The molecule has 0 atom stereocenters. The van der Waals surface area contributed by atoms with Crippen molar-refractivity contribution in [2.24, 2.45) is 0 Å². The van der Waals surface area contributed by atoms with Gasteiger partial charge >= 0.3 is 5.76 Å². The number of aromatic nitrogens is 2. The van der Waals surface area contributed by atoms with Crippen LogP contribution < -0.4 is 11.1 Å². The number of hydrogen-bond donors (Lipinski definition) is 1. The highest BCUT2D eigenvalue weighted by Gasteiger charge is 2.14. The Morgan fingerprint density at radius 3 is 2.68 bits per heavy atom. The Labute approximate surface area is 154 Å². The first-order valence-corrected chi connectivity index (χ1v) is 8.18. The van der Waals surface area contributed by atoms with Crippen molar-refractivity contribution in [3.05, 3.63) is 68.3 Å². The molecule has 0 aliphatic rings. The first-order valence-electron chi connectivity index (χ1n) is 7.01. The Hall–Kier alpha value is -2.45. The van der Waals surface area contributed by atoms with Gasteiger partial charge in [-0.3, -0.25) is 4.79 Å². The summed E-state index contributed by atoms with van der Waals surface area (Å²) in [6, 6.07) is 10.3. The van der Waals surface area contributed by atoms with Gasteiger partial charge in [-0.1, -0.05) is 27.5 Å². The van der Waals surface area contributed by atoms with E-state index in [0.717, 1.165) is 9.15 Å². The van der Waals surface area contributed by atoms with Gasteiger partial charge in [-0.25, -0.2) is 9.18 Å². The van der Waals surface area contributed by atoms with Crippen molar-refractivity contribution in [3.8, 4) is 11.5 Å². The normalized spacial score (nSPS) is 10.7. The number of halogens is 3. The van der Waals surface area contributed by atoms with Crippen LogP contribution in [0.1, 0.15) is 0 Å². The van der Waals surface area contributed by atoms with Gasteiger partial charge in [0.2, 0.25) is 11.8 Å². The van der Waals surface area contributed by atoms with Crippen molar-refractivity contribution < 1.29 is 13.6 Å². The molecule has 0 bridgehead atoms. The second kappa shape index (κ2) is 7.20. The molecule has 0 fully saturated rings. The van der Waals surface area contributed by atoms with E-state index in [1.54, 1.807) is 18.2 Å². The molecule has 3 aromatic rings. The Morgan fingerprint density at radius 1 is 1.28 bits per heavy atom. The maximum atomic E-state index is 12.9. The first-order chi connectivity index (χ1) is 11.9. The van der Waals surface area contributed by atoms with Gasteiger partial charge in [-0.15, -0.1) is 5.10 Å². The zero-order valence-corrected chi connectivity index (χ0v) is 14.8. The fourth-order valence-corrected chi connectivity index (χ4v) is 2.75. The molecule has 0 saturated heterocycles. The second-order valence-corrected chi connectivity index (χ2v) is 6.33. The molecule has 1 N–H and O–H groups in total. The minimum Gasteiger partial charge on any atom is -0.388 e. The predicted octanol–water partition coefficient (Wildman–Crippen LogP) is 3.70. The summed E-state index contributed by atoms with van der Waals surface area (Å²) < 4.78 is 19.6. The standard InChI is InChI=1S/C16H10BrClFN3O3/c17-10-3-6-13(12(18)7-10)20-14(23)8-22-16(24)25-15(21-22)9-1-4-11(19)5-2-9/h1-7H,8H2,(H,20,23). The van der Waals surface area contributed by atoms with Crippen LogP contribution in [0.4, 0.5) is 10.1 Å². The summed E-state index contributed by atoms with van der Waals surface area (Å²) in [5.74, 6) is -1.71. The van der Waals surface area contributed by atoms with Crippen molar-refractivity contribution >= 4 is 39.1 Å². The molecule has 1 heterocycles. The summed E-state index contributed by atoms with van der Waals surface area (Å²) >= 11 is 9.29. The van der Waals surface area contributed by atoms with E-state index in [9.17, 15) is 14.0 Å². The SMILES string of the molecule is O=C(Cn1nc(-c2ccc(F)cc2)oc1=O)Nc1ccc(Br)cc1Cl. The van der Waals surface area contributed by atoms with E-state index in [2.05, 4.69) is 26.3 Å². The lowest BCUT2D eigenvalue weighted by Crippen LogP contribution is -2.26. The average molecular weight is 427 g/mol. The number of amides is 1. The molecule has 9 heteroatoms. The minimum absolute atomic E-state index is 0.000487. The molecule has 0 spiro atoms. The van der Waals surface area contributed by atoms with Crippen LogP contribution >= 0.6 is 27.5 Å². The van der Waals surface area contributed by atoms with Crippen LogP contribution in [0.15, 0.2) is 56.1 Å². The van der Waals surface area contributed by atoms with E-state index >= 15 is 0 Å². The van der Waals surface area contributed by atoms with E-state index in [4.69, 9.17) is 16.0 Å². The molecule has 0 radical (unpaired) electrons. The lowest BCUT2D eigenvalue weighted by atomic mass is 10.2. The molecule has 25 heavy (non-hydrogen) atoms. The zero-order chi connectivity index (χ0) is 18.0. The van der Waals surface area contributed by atoms with Crippen molar-refractivity contribution in [2.45, 2.75) is 6.54 Å². The molecule has 0 aliphatic carbocycles. The molecule has 0 saturated carbocycles. The molecule has 6 nitrogen and oxygen atoms in total. The quantitative estimate of drug-likeness (QED) is 0.690. The molecule has 1 amide bonds. The summed E-state index contributed by atoms with van der Waals surface area (Å²) in [6.45, 7) is -0.351. The molecular weight excluding hydrogens is 417 g/mol. The summed E-state index contributed by atoms with van der Waals surface area (Å²) in [7, 11) is 0. The Morgan fingerprint density at radius 2 is 2.00 bits per heavy atom. The molecular formula is C16H10BrClFN3O3. The van der Waals surface area contributed by atoms with Gasteiger partial charge in [0.25, 0.3) is 0 Å². The highest BCUT2D eigenvalue weighted by atomic mass is 79.9. The summed E-state index contributed by atoms with van der Waals surface area (Å²) in [4.78, 5) is 23.9. The number of nitrogens with one attached hydrogen (secondary N) is 1. The van der Waals surface area contributed by atoms with Crippen LogP contribution in [0.2, 0.25) is 5.02 Å². The van der Waals surface area contributed by atoms with E-state index in [1.807, 2.05) is 0 Å². The second-order valence-electron chi connectivity index (χ2n) is 5.01. The van der Waals surface area contributed by atoms with E-state index in [-0.39, 0.29) is 12.4 Å². The topological polar surface area (TPSA) is 77.1 Å². The predicted molar refractivity (Wildman–Crippen MR) is 93.9 cm³/mol. The summed E-state index contributed by atoms with van der Waals surface area (Å²) in [5.41, 5.74) is 0.832. The third-order valence-corrected chi connectivity index (χ3v) is 4.00. The lowest BCUT2D eigenvalue weighted by Gasteiger charge is -2.06. The van der Waals surface area contributed by atoms with Crippen molar-refractivity contribution in [3.63, 3.8) is 0 Å². The Kier molecular flexibility index (Phi) is 5.00. The van der Waals surface area contributed by atoms with Crippen molar-refractivity contribution in [1.82, 2.24) is 9.78 Å². The average Bonchev–Trinajstić information content (AvgIpc) is 2.91. The molecule has 2 aromatic carbocycles. The van der Waals surface area contributed by atoms with Gasteiger partial charge in [0.1, 0.15) is 12.4 Å². The van der Waals surface area contributed by atoms with Crippen LogP contribution in [0.25, 0.3) is 11.5 Å². The van der Waals surface area contributed by atoms with E-state index in [0.29, 0.717) is 16.3 Å². The zero-order valence-electron chi connectivity index (χ0n) is 12.5. The number of hydrogen-bond acceptors (Lipinski definition) is 4. The van der Waals surface area contributed by atoms with Crippen LogP contribution in [-0.2, 0) is 11.3 Å². The lowest BCUT2D eigenvalue weighted by molar-refractivity contribution is -0.117. The monoisotopic (exact) mass is 425 g/mol.